The van der Waals surface area contributed by atoms with Gasteiger partial charge in [-0.2, -0.15) is 11.8 Å². The molecule has 0 aliphatic carbocycles. The molecule has 0 fully saturated rings. The minimum atomic E-state index is -1.02. The molecular formula is C11H17N3O2S. The van der Waals surface area contributed by atoms with Crippen LogP contribution in [-0.4, -0.2) is 34.6 Å². The number of carboxylic acids is 1. The lowest BCUT2D eigenvalue weighted by atomic mass is 10.2. The van der Waals surface area contributed by atoms with Crippen LogP contribution in [0.3, 0.4) is 0 Å². The monoisotopic (exact) mass is 255 g/mol. The minimum absolute atomic E-state index is 0.107. The van der Waals surface area contributed by atoms with Crippen molar-refractivity contribution in [3.8, 4) is 0 Å². The van der Waals surface area contributed by atoms with E-state index in [-0.39, 0.29) is 5.56 Å². The number of hydrogen-bond donors (Lipinski definition) is 3. The Kier molecular flexibility index (Phi) is 5.62. The largest absolute Gasteiger partial charge is 0.478 e. The number of nitrogens with zero attached hydrogens (tertiary/aromatic N) is 1. The number of aromatic carboxylic acids is 1. The molecule has 0 radical (unpaired) electrons. The lowest BCUT2D eigenvalue weighted by molar-refractivity contribution is 0.0696. The average molecular weight is 255 g/mol. The first-order chi connectivity index (χ1) is 8.15. The number of carbonyl (C=O) groups is 1. The maximum atomic E-state index is 10.7. The number of rotatable bonds is 7. The predicted octanol–water partition coefficient (Wildman–Crippen LogP) is 1.92. The molecule has 0 unspecified atom stereocenters. The van der Waals surface area contributed by atoms with E-state index in [0.29, 0.717) is 11.5 Å². The summed E-state index contributed by atoms with van der Waals surface area (Å²) in [5, 5.41) is 11.9. The first-order valence-corrected chi connectivity index (χ1v) is 6.76. The summed E-state index contributed by atoms with van der Waals surface area (Å²) in [7, 11) is 0. The molecule has 0 amide bonds. The fourth-order valence-electron chi connectivity index (χ4n) is 1.32. The second kappa shape index (κ2) is 7.01. The summed E-state index contributed by atoms with van der Waals surface area (Å²) in [5.74, 6) is 0.678. The number of carboxylic acid groups (broad SMARTS) is 1. The van der Waals surface area contributed by atoms with Gasteiger partial charge in [-0.25, -0.2) is 9.78 Å². The van der Waals surface area contributed by atoms with Crippen molar-refractivity contribution in [3.63, 3.8) is 0 Å². The van der Waals surface area contributed by atoms with E-state index in [0.717, 1.165) is 25.1 Å². The minimum Gasteiger partial charge on any atom is -0.478 e. The van der Waals surface area contributed by atoms with Gasteiger partial charge < -0.3 is 16.2 Å². The van der Waals surface area contributed by atoms with Gasteiger partial charge in [-0.3, -0.25) is 0 Å². The van der Waals surface area contributed by atoms with E-state index >= 15 is 0 Å². The molecule has 0 saturated heterocycles. The summed E-state index contributed by atoms with van der Waals surface area (Å²) in [6.45, 7) is 0.796. The second-order valence-electron chi connectivity index (χ2n) is 3.59. The first-order valence-electron chi connectivity index (χ1n) is 5.36. The molecule has 6 heteroatoms. The van der Waals surface area contributed by atoms with Crippen LogP contribution in [0.2, 0.25) is 0 Å². The van der Waals surface area contributed by atoms with E-state index in [1.807, 2.05) is 11.8 Å². The van der Waals surface area contributed by atoms with Crippen LogP contribution >= 0.6 is 11.8 Å². The molecule has 5 nitrogen and oxygen atoms in total. The van der Waals surface area contributed by atoms with Gasteiger partial charge in [0.05, 0.1) is 11.3 Å². The molecule has 4 N–H and O–H groups in total. The molecule has 0 aliphatic rings. The molecule has 1 aromatic rings. The number of pyridine rings is 1. The Morgan fingerprint density at radius 3 is 2.94 bits per heavy atom. The standard InChI is InChI=1S/C11H17N3O2S/c1-17-5-3-2-4-13-10-9(12)6-8(7-14-10)11(15)16/h6-7H,2-5,12H2,1H3,(H,13,14)(H,15,16). The van der Waals surface area contributed by atoms with Crippen LogP contribution in [0.1, 0.15) is 23.2 Å². The third kappa shape index (κ3) is 4.52. The topological polar surface area (TPSA) is 88.2 Å². The maximum absolute atomic E-state index is 10.7. The summed E-state index contributed by atoms with van der Waals surface area (Å²) in [4.78, 5) is 14.7. The third-order valence-electron chi connectivity index (χ3n) is 2.23. The smallest absolute Gasteiger partial charge is 0.337 e. The van der Waals surface area contributed by atoms with Crippen LogP contribution in [0, 0.1) is 0 Å². The van der Waals surface area contributed by atoms with Gasteiger partial charge >= 0.3 is 5.97 Å². The second-order valence-corrected chi connectivity index (χ2v) is 4.58. The van der Waals surface area contributed by atoms with Crippen molar-refractivity contribution in [3.05, 3.63) is 17.8 Å². The highest BCUT2D eigenvalue weighted by atomic mass is 32.2. The number of aromatic nitrogens is 1. The van der Waals surface area contributed by atoms with Gasteiger partial charge in [-0.1, -0.05) is 0 Å². The number of nitrogens with two attached hydrogens (primary N) is 1. The lowest BCUT2D eigenvalue weighted by Crippen LogP contribution is -2.08. The molecule has 0 spiro atoms. The van der Waals surface area contributed by atoms with Crippen molar-refractivity contribution in [1.29, 1.82) is 0 Å². The van der Waals surface area contributed by atoms with E-state index in [2.05, 4.69) is 16.6 Å². The summed E-state index contributed by atoms with van der Waals surface area (Å²) < 4.78 is 0. The highest BCUT2D eigenvalue weighted by molar-refractivity contribution is 7.98. The highest BCUT2D eigenvalue weighted by Gasteiger charge is 2.06. The van der Waals surface area contributed by atoms with Gasteiger partial charge in [0, 0.05) is 12.7 Å². The molecule has 0 aromatic carbocycles. The number of nitrogens with one attached hydrogen (secondary N) is 1. The molecular weight excluding hydrogens is 238 g/mol. The Balaban J connectivity index is 2.46. The van der Waals surface area contributed by atoms with Crippen molar-refractivity contribution in [1.82, 2.24) is 4.98 Å². The summed E-state index contributed by atoms with van der Waals surface area (Å²) in [6, 6.07) is 1.42. The molecule has 0 bridgehead atoms. The number of unbranched alkanes of at least 4 members (excludes halogenated alkanes) is 1. The zero-order valence-electron chi connectivity index (χ0n) is 9.77. The first kappa shape index (κ1) is 13.6. The Labute approximate surface area is 105 Å². The van der Waals surface area contributed by atoms with Crippen LogP contribution in [0.25, 0.3) is 0 Å². The van der Waals surface area contributed by atoms with Crippen LogP contribution in [0.4, 0.5) is 11.5 Å². The molecule has 0 aliphatic heterocycles. The normalized spacial score (nSPS) is 10.2. The zero-order chi connectivity index (χ0) is 12.7. The van der Waals surface area contributed by atoms with Crippen molar-refractivity contribution in [2.45, 2.75) is 12.8 Å². The third-order valence-corrected chi connectivity index (χ3v) is 2.93. The SMILES string of the molecule is CSCCCCNc1ncc(C(=O)O)cc1N. The predicted molar refractivity (Wildman–Crippen MR) is 71.7 cm³/mol. The Bertz CT molecular complexity index is 385. The van der Waals surface area contributed by atoms with Crippen LogP contribution < -0.4 is 11.1 Å². The molecule has 17 heavy (non-hydrogen) atoms. The lowest BCUT2D eigenvalue weighted by Gasteiger charge is -2.08. The van der Waals surface area contributed by atoms with Gasteiger partial charge in [-0.05, 0) is 30.9 Å². The van der Waals surface area contributed by atoms with Crippen LogP contribution in [0.5, 0.6) is 0 Å². The number of nitrogen functional groups attached to an aromatic ring is 1. The maximum Gasteiger partial charge on any atom is 0.337 e. The molecule has 0 atom stereocenters. The van der Waals surface area contributed by atoms with E-state index in [1.54, 1.807) is 0 Å². The van der Waals surface area contributed by atoms with Crippen molar-refractivity contribution in [2.24, 2.45) is 0 Å². The molecule has 1 rings (SSSR count). The average Bonchev–Trinajstić information content (AvgIpc) is 2.30. The summed E-state index contributed by atoms with van der Waals surface area (Å²) in [5.41, 5.74) is 6.18. The quantitative estimate of drug-likeness (QED) is 0.645. The summed E-state index contributed by atoms with van der Waals surface area (Å²) in [6.07, 6.45) is 5.57. The number of thioether (sulfide) groups is 1. The van der Waals surface area contributed by atoms with Gasteiger partial charge in [0.2, 0.25) is 0 Å². The van der Waals surface area contributed by atoms with E-state index in [9.17, 15) is 4.79 Å². The Hall–Kier alpha value is -1.43. The molecule has 0 saturated carbocycles. The number of hydrogen-bond acceptors (Lipinski definition) is 5. The van der Waals surface area contributed by atoms with E-state index in [4.69, 9.17) is 10.8 Å². The van der Waals surface area contributed by atoms with Gasteiger partial charge in [0.1, 0.15) is 5.82 Å². The van der Waals surface area contributed by atoms with Crippen LogP contribution in [0.15, 0.2) is 12.3 Å². The van der Waals surface area contributed by atoms with Crippen molar-refractivity contribution >= 4 is 29.2 Å². The Morgan fingerprint density at radius 1 is 1.59 bits per heavy atom. The van der Waals surface area contributed by atoms with Crippen molar-refractivity contribution in [2.75, 3.05) is 29.6 Å². The highest BCUT2D eigenvalue weighted by Crippen LogP contribution is 2.16. The fraction of sp³-hybridized carbons (Fsp3) is 0.455. The van der Waals surface area contributed by atoms with Crippen LogP contribution in [-0.2, 0) is 0 Å². The van der Waals surface area contributed by atoms with E-state index < -0.39 is 5.97 Å². The van der Waals surface area contributed by atoms with E-state index in [1.165, 1.54) is 12.3 Å². The van der Waals surface area contributed by atoms with Crippen molar-refractivity contribution < 1.29 is 9.90 Å². The van der Waals surface area contributed by atoms with Gasteiger partial charge in [0.15, 0.2) is 0 Å². The fourth-order valence-corrected chi connectivity index (χ4v) is 1.82. The molecule has 1 heterocycles. The number of anilines is 2. The Morgan fingerprint density at radius 2 is 2.35 bits per heavy atom. The molecule has 94 valence electrons. The zero-order valence-corrected chi connectivity index (χ0v) is 10.6. The molecule has 1 aromatic heterocycles. The van der Waals surface area contributed by atoms with Gasteiger partial charge in [-0.15, -0.1) is 0 Å². The summed E-state index contributed by atoms with van der Waals surface area (Å²) >= 11 is 1.82. The van der Waals surface area contributed by atoms with Gasteiger partial charge in [0.25, 0.3) is 0 Å².